The first-order chi connectivity index (χ1) is 19.4. The molecule has 1 N–H and O–H groups in total. The van der Waals surface area contributed by atoms with Crippen molar-refractivity contribution in [3.8, 4) is 11.5 Å². The zero-order valence-corrected chi connectivity index (χ0v) is 23.6. The number of hydrogen-bond acceptors (Lipinski definition) is 4. The Kier molecular flexibility index (Phi) is 10.4. The number of nitrogens with zero attached hydrogens (tertiary/aromatic N) is 1. The molecule has 8 heteroatoms. The first kappa shape index (κ1) is 29.0. The van der Waals surface area contributed by atoms with Gasteiger partial charge in [-0.25, -0.2) is 0 Å². The summed E-state index contributed by atoms with van der Waals surface area (Å²) in [4.78, 5) is 29.0. The van der Waals surface area contributed by atoms with Crippen molar-refractivity contribution < 1.29 is 19.1 Å². The number of methoxy groups -OCH3 is 1. The van der Waals surface area contributed by atoms with E-state index in [-0.39, 0.29) is 31.5 Å². The van der Waals surface area contributed by atoms with Gasteiger partial charge in [-0.1, -0.05) is 89.9 Å². The summed E-state index contributed by atoms with van der Waals surface area (Å²) in [6, 6.07) is 30.4. The molecule has 1 atom stereocenters. The van der Waals surface area contributed by atoms with Gasteiger partial charge in [-0.3, -0.25) is 9.59 Å². The van der Waals surface area contributed by atoms with Gasteiger partial charge in [0.15, 0.2) is 6.61 Å². The Morgan fingerprint density at radius 2 is 1.50 bits per heavy atom. The molecule has 0 saturated heterocycles. The normalized spacial score (nSPS) is 11.4. The van der Waals surface area contributed by atoms with Crippen LogP contribution in [0, 0.1) is 0 Å². The molecule has 0 fully saturated rings. The molecule has 0 heterocycles. The third-order valence-corrected chi connectivity index (χ3v) is 6.94. The average molecular weight is 578 g/mol. The van der Waals surface area contributed by atoms with E-state index in [4.69, 9.17) is 32.7 Å². The van der Waals surface area contributed by atoms with E-state index in [2.05, 4.69) is 5.32 Å². The van der Waals surface area contributed by atoms with Crippen LogP contribution in [0.3, 0.4) is 0 Å². The van der Waals surface area contributed by atoms with Crippen LogP contribution in [0.4, 0.5) is 0 Å². The van der Waals surface area contributed by atoms with Gasteiger partial charge in [0.2, 0.25) is 5.91 Å². The van der Waals surface area contributed by atoms with Crippen molar-refractivity contribution in [1.82, 2.24) is 10.2 Å². The van der Waals surface area contributed by atoms with E-state index in [1.165, 1.54) is 0 Å². The molecule has 0 aliphatic heterocycles. The minimum absolute atomic E-state index is 0.186. The molecule has 206 valence electrons. The van der Waals surface area contributed by atoms with Crippen LogP contribution in [0.15, 0.2) is 103 Å². The van der Waals surface area contributed by atoms with Crippen LogP contribution in [-0.4, -0.2) is 36.5 Å². The number of nitrogens with one attached hydrogen (secondary N) is 1. The standard InChI is InChI=1S/C32H30Cl2N2O4/c1-39-27-16-12-24(13-17-27)21-36(31(37)22-40-28-10-6-3-7-11-28)30(18-23-8-4-2-5-9-23)32(38)35-20-25-14-15-26(33)19-29(25)34/h2-17,19,30H,18,20-22H2,1H3,(H,35,38)/t30-/m0/s1. The lowest BCUT2D eigenvalue weighted by Gasteiger charge is -2.31. The molecule has 40 heavy (non-hydrogen) atoms. The van der Waals surface area contributed by atoms with E-state index >= 15 is 0 Å². The molecule has 0 aromatic heterocycles. The second-order valence-corrected chi connectivity index (χ2v) is 9.97. The second kappa shape index (κ2) is 14.4. The van der Waals surface area contributed by atoms with Crippen molar-refractivity contribution in [2.75, 3.05) is 13.7 Å². The fourth-order valence-electron chi connectivity index (χ4n) is 4.19. The van der Waals surface area contributed by atoms with Crippen LogP contribution in [0.1, 0.15) is 16.7 Å². The number of ether oxygens (including phenoxy) is 2. The molecule has 0 saturated carbocycles. The van der Waals surface area contributed by atoms with E-state index in [1.807, 2.05) is 72.8 Å². The average Bonchev–Trinajstić information content (AvgIpc) is 2.98. The highest BCUT2D eigenvalue weighted by Crippen LogP contribution is 2.22. The fraction of sp³-hybridized carbons (Fsp3) is 0.188. The molecular weight excluding hydrogens is 547 g/mol. The van der Waals surface area contributed by atoms with Crippen LogP contribution in [0.2, 0.25) is 10.0 Å². The highest BCUT2D eigenvalue weighted by molar-refractivity contribution is 6.35. The molecule has 2 amide bonds. The van der Waals surface area contributed by atoms with Crippen LogP contribution in [0.5, 0.6) is 11.5 Å². The summed E-state index contributed by atoms with van der Waals surface area (Å²) in [5, 5.41) is 3.94. The van der Waals surface area contributed by atoms with Crippen LogP contribution < -0.4 is 14.8 Å². The predicted molar refractivity (Wildman–Crippen MR) is 158 cm³/mol. The van der Waals surface area contributed by atoms with Gasteiger partial charge >= 0.3 is 0 Å². The minimum Gasteiger partial charge on any atom is -0.497 e. The number of rotatable bonds is 12. The lowest BCUT2D eigenvalue weighted by Crippen LogP contribution is -2.51. The summed E-state index contributed by atoms with van der Waals surface area (Å²) in [5.74, 6) is 0.644. The molecule has 6 nitrogen and oxygen atoms in total. The Morgan fingerprint density at radius 1 is 0.825 bits per heavy atom. The maximum Gasteiger partial charge on any atom is 0.261 e. The smallest absolute Gasteiger partial charge is 0.261 e. The van der Waals surface area contributed by atoms with Crippen molar-refractivity contribution in [1.29, 1.82) is 0 Å². The van der Waals surface area contributed by atoms with E-state index < -0.39 is 6.04 Å². The molecule has 4 rings (SSSR count). The molecule has 0 unspecified atom stereocenters. The zero-order valence-electron chi connectivity index (χ0n) is 22.1. The number of benzene rings is 4. The van der Waals surface area contributed by atoms with E-state index in [9.17, 15) is 9.59 Å². The lowest BCUT2D eigenvalue weighted by atomic mass is 10.0. The third kappa shape index (κ3) is 8.25. The van der Waals surface area contributed by atoms with E-state index in [0.29, 0.717) is 28.0 Å². The van der Waals surface area contributed by atoms with Crippen LogP contribution in [-0.2, 0) is 29.1 Å². The number of hydrogen-bond donors (Lipinski definition) is 1. The molecule has 0 aliphatic carbocycles. The first-order valence-corrected chi connectivity index (χ1v) is 13.5. The van der Waals surface area contributed by atoms with Crippen molar-refractivity contribution in [3.63, 3.8) is 0 Å². The van der Waals surface area contributed by atoms with Gasteiger partial charge in [0.25, 0.3) is 5.91 Å². The molecule has 0 aliphatic rings. The molecule has 0 radical (unpaired) electrons. The quantitative estimate of drug-likeness (QED) is 0.214. The van der Waals surface area contributed by atoms with Crippen LogP contribution >= 0.6 is 23.2 Å². The first-order valence-electron chi connectivity index (χ1n) is 12.8. The maximum absolute atomic E-state index is 13.8. The Balaban J connectivity index is 1.62. The fourth-order valence-corrected chi connectivity index (χ4v) is 4.67. The number of carbonyl (C=O) groups excluding carboxylic acids is 2. The van der Waals surface area contributed by atoms with Crippen molar-refractivity contribution in [3.05, 3.63) is 130 Å². The molecule has 0 spiro atoms. The highest BCUT2D eigenvalue weighted by Gasteiger charge is 2.30. The van der Waals surface area contributed by atoms with E-state index in [0.717, 1.165) is 16.7 Å². The van der Waals surface area contributed by atoms with Gasteiger partial charge < -0.3 is 19.7 Å². The lowest BCUT2D eigenvalue weighted by molar-refractivity contribution is -0.142. The monoisotopic (exact) mass is 576 g/mol. The topological polar surface area (TPSA) is 67.9 Å². The predicted octanol–water partition coefficient (Wildman–Crippen LogP) is 6.34. The van der Waals surface area contributed by atoms with Crippen molar-refractivity contribution in [2.45, 2.75) is 25.6 Å². The largest absolute Gasteiger partial charge is 0.497 e. The Hall–Kier alpha value is -4.00. The highest BCUT2D eigenvalue weighted by atomic mass is 35.5. The number of halogens is 2. The number of carbonyl (C=O) groups is 2. The Bertz CT molecular complexity index is 1400. The maximum atomic E-state index is 13.8. The van der Waals surface area contributed by atoms with Gasteiger partial charge in [-0.05, 0) is 53.1 Å². The number of para-hydroxylation sites is 1. The summed E-state index contributed by atoms with van der Waals surface area (Å²) in [6.07, 6.45) is 0.314. The summed E-state index contributed by atoms with van der Waals surface area (Å²) >= 11 is 12.4. The summed E-state index contributed by atoms with van der Waals surface area (Å²) in [5.41, 5.74) is 2.49. The Morgan fingerprint density at radius 3 is 2.15 bits per heavy atom. The number of amides is 2. The van der Waals surface area contributed by atoms with E-state index in [1.54, 1.807) is 42.3 Å². The van der Waals surface area contributed by atoms with Gasteiger partial charge in [0.1, 0.15) is 17.5 Å². The Labute approximate surface area is 244 Å². The minimum atomic E-state index is -0.817. The SMILES string of the molecule is COc1ccc(CN(C(=O)COc2ccccc2)[C@@H](Cc2ccccc2)C(=O)NCc2ccc(Cl)cc2Cl)cc1. The van der Waals surface area contributed by atoms with Crippen LogP contribution in [0.25, 0.3) is 0 Å². The van der Waals surface area contributed by atoms with Gasteiger partial charge in [0.05, 0.1) is 7.11 Å². The molecule has 4 aromatic rings. The summed E-state index contributed by atoms with van der Waals surface area (Å²) in [6.45, 7) is 0.167. The second-order valence-electron chi connectivity index (χ2n) is 9.13. The summed E-state index contributed by atoms with van der Waals surface area (Å²) < 4.78 is 11.1. The third-order valence-electron chi connectivity index (χ3n) is 6.36. The molecule has 4 aromatic carbocycles. The van der Waals surface area contributed by atoms with Gasteiger partial charge in [-0.2, -0.15) is 0 Å². The molecule has 0 bridgehead atoms. The zero-order chi connectivity index (χ0) is 28.3. The van der Waals surface area contributed by atoms with Crippen molar-refractivity contribution >= 4 is 35.0 Å². The summed E-state index contributed by atoms with van der Waals surface area (Å²) in [7, 11) is 1.60. The van der Waals surface area contributed by atoms with Gasteiger partial charge in [-0.15, -0.1) is 0 Å². The van der Waals surface area contributed by atoms with Crippen molar-refractivity contribution in [2.24, 2.45) is 0 Å². The van der Waals surface area contributed by atoms with Gasteiger partial charge in [0, 0.05) is 29.6 Å². The molecular formula is C32H30Cl2N2O4.